The molecule has 0 amide bonds. The van der Waals surface area contributed by atoms with E-state index in [1.54, 1.807) is 12.1 Å². The molecule has 0 radical (unpaired) electrons. The molecule has 1 aliphatic carbocycles. The highest BCUT2D eigenvalue weighted by atomic mass is 32.1. The van der Waals surface area contributed by atoms with E-state index in [1.807, 2.05) is 48.8 Å². The summed E-state index contributed by atoms with van der Waals surface area (Å²) in [5.74, 6) is -0.924. The lowest BCUT2D eigenvalue weighted by atomic mass is 9.99. The van der Waals surface area contributed by atoms with Crippen molar-refractivity contribution in [3.63, 3.8) is 0 Å². The maximum absolute atomic E-state index is 11.3. The second-order valence-electron chi connectivity index (χ2n) is 8.13. The Bertz CT molecular complexity index is 1090. The van der Waals surface area contributed by atoms with E-state index >= 15 is 0 Å². The summed E-state index contributed by atoms with van der Waals surface area (Å²) >= 11 is 5.82. The topological polar surface area (TPSA) is 70.4 Å². The number of carbonyl (C=O) groups is 1. The molecule has 5 rings (SSSR count). The standard InChI is InChI=1S/C24H24N4O2S/c29-23(30)16-10-12-17(13-11-16)27-15-5-9-20(27)22-21(19-8-3-4-14-25-19)26-24(31)28(22)18-6-1-2-7-18/h3-5,8-15,18,21-22H,1-2,6-7H2,(H,26,31)(H,29,30). The lowest BCUT2D eigenvalue weighted by Gasteiger charge is -2.33. The SMILES string of the molecule is O=C(O)c1ccc(-n2cccc2C2C(c3ccccn3)NC(=S)N2C2CCCC2)cc1. The summed E-state index contributed by atoms with van der Waals surface area (Å²) in [5.41, 5.74) is 3.27. The minimum absolute atomic E-state index is 0.000324. The third-order valence-electron chi connectivity index (χ3n) is 6.33. The third-order valence-corrected chi connectivity index (χ3v) is 6.66. The van der Waals surface area contributed by atoms with Crippen molar-refractivity contribution in [3.8, 4) is 5.69 Å². The van der Waals surface area contributed by atoms with E-state index < -0.39 is 5.97 Å². The average Bonchev–Trinajstić information content (AvgIpc) is 3.54. The van der Waals surface area contributed by atoms with Gasteiger partial charge in [-0.25, -0.2) is 4.79 Å². The van der Waals surface area contributed by atoms with Gasteiger partial charge in [0.25, 0.3) is 0 Å². The van der Waals surface area contributed by atoms with Crippen LogP contribution in [-0.2, 0) is 0 Å². The van der Waals surface area contributed by atoms with Gasteiger partial charge in [0, 0.05) is 29.8 Å². The van der Waals surface area contributed by atoms with E-state index in [0.29, 0.717) is 6.04 Å². The van der Waals surface area contributed by atoms with Gasteiger partial charge < -0.3 is 19.9 Å². The highest BCUT2D eigenvalue weighted by Crippen LogP contribution is 2.43. The monoisotopic (exact) mass is 432 g/mol. The molecule has 1 saturated carbocycles. The first-order chi connectivity index (χ1) is 15.1. The molecular weight excluding hydrogens is 408 g/mol. The van der Waals surface area contributed by atoms with E-state index in [0.717, 1.165) is 35.0 Å². The van der Waals surface area contributed by atoms with E-state index in [4.69, 9.17) is 12.2 Å². The maximum atomic E-state index is 11.3. The van der Waals surface area contributed by atoms with Crippen LogP contribution in [0.4, 0.5) is 0 Å². The zero-order chi connectivity index (χ0) is 21.4. The minimum Gasteiger partial charge on any atom is -0.478 e. The van der Waals surface area contributed by atoms with Crippen LogP contribution in [0.5, 0.6) is 0 Å². The Morgan fingerprint density at radius 3 is 2.52 bits per heavy atom. The van der Waals surface area contributed by atoms with E-state index in [1.165, 1.54) is 12.8 Å². The molecule has 31 heavy (non-hydrogen) atoms. The van der Waals surface area contributed by atoms with Crippen LogP contribution in [-0.4, -0.2) is 36.7 Å². The van der Waals surface area contributed by atoms with Gasteiger partial charge in [0.15, 0.2) is 5.11 Å². The number of carboxylic acid groups (broad SMARTS) is 1. The second-order valence-corrected chi connectivity index (χ2v) is 8.51. The van der Waals surface area contributed by atoms with Gasteiger partial charge in [-0.15, -0.1) is 0 Å². The van der Waals surface area contributed by atoms with Gasteiger partial charge >= 0.3 is 5.97 Å². The van der Waals surface area contributed by atoms with Gasteiger partial charge in [-0.1, -0.05) is 18.9 Å². The summed E-state index contributed by atoms with van der Waals surface area (Å²) < 4.78 is 2.13. The van der Waals surface area contributed by atoms with Crippen LogP contribution in [0.25, 0.3) is 5.69 Å². The van der Waals surface area contributed by atoms with Crippen molar-refractivity contribution in [2.45, 2.75) is 43.8 Å². The van der Waals surface area contributed by atoms with Gasteiger partial charge in [0.1, 0.15) is 0 Å². The number of nitrogens with zero attached hydrogens (tertiary/aromatic N) is 3. The predicted molar refractivity (Wildman–Crippen MR) is 122 cm³/mol. The Labute approximate surface area is 186 Å². The first-order valence-corrected chi connectivity index (χ1v) is 11.0. The van der Waals surface area contributed by atoms with E-state index in [-0.39, 0.29) is 17.6 Å². The van der Waals surface area contributed by atoms with Crippen LogP contribution in [0, 0.1) is 0 Å². The van der Waals surface area contributed by atoms with Crippen molar-refractivity contribution in [2.75, 3.05) is 0 Å². The van der Waals surface area contributed by atoms with Gasteiger partial charge in [0.2, 0.25) is 0 Å². The molecule has 6 nitrogen and oxygen atoms in total. The molecule has 158 valence electrons. The van der Waals surface area contributed by atoms with Crippen LogP contribution in [0.2, 0.25) is 0 Å². The number of benzene rings is 1. The quantitative estimate of drug-likeness (QED) is 0.579. The fourth-order valence-electron chi connectivity index (χ4n) is 4.89. The van der Waals surface area contributed by atoms with Crippen molar-refractivity contribution < 1.29 is 9.90 Å². The smallest absolute Gasteiger partial charge is 0.335 e. The van der Waals surface area contributed by atoms with Crippen LogP contribution < -0.4 is 5.32 Å². The number of aromatic nitrogens is 2. The molecule has 2 fully saturated rings. The Hall–Kier alpha value is -3.19. The molecule has 2 unspecified atom stereocenters. The van der Waals surface area contributed by atoms with Crippen molar-refractivity contribution in [2.24, 2.45) is 0 Å². The first-order valence-electron chi connectivity index (χ1n) is 10.6. The fraction of sp³-hybridized carbons (Fsp3) is 0.292. The Morgan fingerprint density at radius 1 is 1.06 bits per heavy atom. The van der Waals surface area contributed by atoms with Gasteiger partial charge in [-0.2, -0.15) is 0 Å². The molecule has 0 bridgehead atoms. The molecule has 2 N–H and O–H groups in total. The van der Waals surface area contributed by atoms with Crippen molar-refractivity contribution >= 4 is 23.3 Å². The second kappa shape index (κ2) is 8.15. The highest BCUT2D eigenvalue weighted by Gasteiger charge is 2.44. The van der Waals surface area contributed by atoms with E-state index in [9.17, 15) is 9.90 Å². The van der Waals surface area contributed by atoms with Crippen molar-refractivity contribution in [1.82, 2.24) is 19.8 Å². The number of carboxylic acids is 1. The molecule has 3 heterocycles. The van der Waals surface area contributed by atoms with Crippen LogP contribution in [0.15, 0.2) is 67.0 Å². The molecule has 1 aromatic carbocycles. The van der Waals surface area contributed by atoms with Crippen LogP contribution in [0.3, 0.4) is 0 Å². The average molecular weight is 433 g/mol. The lowest BCUT2D eigenvalue weighted by Crippen LogP contribution is -2.38. The molecular formula is C24H24N4O2S. The summed E-state index contributed by atoms with van der Waals surface area (Å²) in [6, 6.07) is 17.5. The Morgan fingerprint density at radius 2 is 1.84 bits per heavy atom. The van der Waals surface area contributed by atoms with Crippen LogP contribution in [0.1, 0.15) is 59.5 Å². The molecule has 2 aromatic heterocycles. The predicted octanol–water partition coefficient (Wildman–Crippen LogP) is 4.49. The summed E-state index contributed by atoms with van der Waals surface area (Å²) in [7, 11) is 0. The molecule has 2 atom stereocenters. The molecule has 7 heteroatoms. The Balaban J connectivity index is 1.59. The number of pyridine rings is 1. The Kier molecular flexibility index (Phi) is 5.19. The number of hydrogen-bond donors (Lipinski definition) is 2. The van der Waals surface area contributed by atoms with Gasteiger partial charge in [0.05, 0.1) is 23.3 Å². The van der Waals surface area contributed by atoms with E-state index in [2.05, 4.69) is 25.8 Å². The maximum Gasteiger partial charge on any atom is 0.335 e. The number of rotatable bonds is 5. The van der Waals surface area contributed by atoms with Gasteiger partial charge in [-0.05, 0) is 73.6 Å². The highest BCUT2D eigenvalue weighted by molar-refractivity contribution is 7.80. The minimum atomic E-state index is -0.924. The van der Waals surface area contributed by atoms with Gasteiger partial charge in [-0.3, -0.25) is 4.98 Å². The number of aromatic carboxylic acids is 1. The van der Waals surface area contributed by atoms with Crippen molar-refractivity contribution in [1.29, 1.82) is 0 Å². The number of hydrogen-bond acceptors (Lipinski definition) is 3. The third kappa shape index (κ3) is 3.59. The van der Waals surface area contributed by atoms with Crippen molar-refractivity contribution in [3.05, 3.63) is 83.9 Å². The van der Waals surface area contributed by atoms with Crippen LogP contribution >= 0.6 is 12.2 Å². The zero-order valence-electron chi connectivity index (χ0n) is 17.0. The first kappa shape index (κ1) is 19.8. The summed E-state index contributed by atoms with van der Waals surface area (Å²) in [4.78, 5) is 18.3. The lowest BCUT2D eigenvalue weighted by molar-refractivity contribution is 0.0697. The zero-order valence-corrected chi connectivity index (χ0v) is 17.8. The largest absolute Gasteiger partial charge is 0.478 e. The molecule has 1 saturated heterocycles. The summed E-state index contributed by atoms with van der Waals surface area (Å²) in [6.07, 6.45) is 8.57. The molecule has 2 aliphatic rings. The molecule has 0 spiro atoms. The number of thiocarbonyl (C=S) groups is 1. The summed E-state index contributed by atoms with van der Waals surface area (Å²) in [6.45, 7) is 0. The molecule has 3 aromatic rings. The summed E-state index contributed by atoms with van der Waals surface area (Å²) in [5, 5.41) is 13.6. The normalized spacial score (nSPS) is 21.4. The molecule has 1 aliphatic heterocycles. The fourth-order valence-corrected chi connectivity index (χ4v) is 5.28. The number of nitrogens with one attached hydrogen (secondary N) is 1.